The minimum absolute atomic E-state index is 0.152. The maximum atomic E-state index is 14.0. The smallest absolute Gasteiger partial charge is 0.423 e. The summed E-state index contributed by atoms with van der Waals surface area (Å²) in [5, 5.41) is 22.4. The summed E-state index contributed by atoms with van der Waals surface area (Å²) in [6.07, 6.45) is 3.09. The number of fused-ring (bicyclic) bond motifs is 2. The molecule has 0 saturated carbocycles. The third kappa shape index (κ3) is 9.04. The molecule has 0 aliphatic carbocycles. The standard InChI is InChI=1S/C18H12F3N5.C12H8F2IN5.C6H6BFO2/c1-26-9-22-15-17(23-14-12(20)3-2-4-13(14)21)24-16(25-18(15)26)10-5-7-11(19)8-6-10;1-20-5-16-9-10(18-12(15)19-11(9)20)17-8-6(13)3-2-4-7(8)14;8-6-3-1-5(2-4-6)7(9)10/h2-9H,1H3,(H,23,24,25);2-5H,1H3,(H,17,18,19);1-4,9-10H. The maximum Gasteiger partial charge on any atom is 0.488 e. The molecule has 4 aromatic carbocycles. The third-order valence-electron chi connectivity index (χ3n) is 7.78. The van der Waals surface area contributed by atoms with Crippen molar-refractivity contribution in [1.82, 2.24) is 39.0 Å². The van der Waals surface area contributed by atoms with E-state index in [9.17, 15) is 26.3 Å². The van der Waals surface area contributed by atoms with E-state index in [1.54, 1.807) is 29.6 Å². The van der Waals surface area contributed by atoms with Crippen molar-refractivity contribution in [2.24, 2.45) is 14.1 Å². The zero-order chi connectivity index (χ0) is 40.1. The number of halogens is 7. The van der Waals surface area contributed by atoms with E-state index in [1.165, 1.54) is 79.1 Å². The number of rotatable bonds is 6. The first-order chi connectivity index (χ1) is 26.8. The molecular weight excluding hydrogens is 856 g/mol. The fourth-order valence-corrected chi connectivity index (χ4v) is 5.47. The van der Waals surface area contributed by atoms with E-state index in [1.807, 2.05) is 22.6 Å². The normalized spacial score (nSPS) is 10.8. The number of nitrogens with zero attached hydrogens (tertiary/aromatic N) is 8. The molecule has 0 bridgehead atoms. The topological polar surface area (TPSA) is 152 Å². The molecule has 0 saturated heterocycles. The molecule has 4 N–H and O–H groups in total. The van der Waals surface area contributed by atoms with Crippen LogP contribution in [0.5, 0.6) is 0 Å². The van der Waals surface area contributed by atoms with Crippen LogP contribution in [0.4, 0.5) is 49.4 Å². The summed E-state index contributed by atoms with van der Waals surface area (Å²) in [5.74, 6) is -2.97. The van der Waals surface area contributed by atoms with E-state index in [4.69, 9.17) is 10.0 Å². The Labute approximate surface area is 327 Å². The van der Waals surface area contributed by atoms with Crippen LogP contribution in [-0.4, -0.2) is 56.2 Å². The van der Waals surface area contributed by atoms with E-state index in [0.29, 0.717) is 37.2 Å². The molecule has 0 spiro atoms. The van der Waals surface area contributed by atoms with E-state index in [-0.39, 0.29) is 40.5 Å². The highest BCUT2D eigenvalue weighted by Gasteiger charge is 2.18. The van der Waals surface area contributed by atoms with Gasteiger partial charge in [0.2, 0.25) is 0 Å². The second kappa shape index (κ2) is 17.1. The zero-order valence-electron chi connectivity index (χ0n) is 28.9. The molecule has 0 amide bonds. The van der Waals surface area contributed by atoms with Gasteiger partial charge < -0.3 is 29.8 Å². The molecule has 20 heteroatoms. The highest BCUT2D eigenvalue weighted by Crippen LogP contribution is 2.29. The lowest BCUT2D eigenvalue weighted by Crippen LogP contribution is -2.29. The average Bonchev–Trinajstić information content (AvgIpc) is 3.74. The Morgan fingerprint density at radius 3 is 1.46 bits per heavy atom. The lowest BCUT2D eigenvalue weighted by Gasteiger charge is -2.10. The molecule has 0 aliphatic heterocycles. The van der Waals surface area contributed by atoms with E-state index in [0.717, 1.165) is 12.1 Å². The number of anilines is 4. The van der Waals surface area contributed by atoms with Gasteiger partial charge in [-0.05, 0) is 66.1 Å². The number of aromatic nitrogens is 8. The van der Waals surface area contributed by atoms with Crippen LogP contribution in [0.3, 0.4) is 0 Å². The Morgan fingerprint density at radius 1 is 0.571 bits per heavy atom. The second-order valence-electron chi connectivity index (χ2n) is 11.7. The molecule has 56 heavy (non-hydrogen) atoms. The molecule has 8 rings (SSSR count). The number of nitrogens with one attached hydrogen (secondary N) is 2. The van der Waals surface area contributed by atoms with Gasteiger partial charge in [0.25, 0.3) is 0 Å². The van der Waals surface area contributed by atoms with Crippen LogP contribution in [0.2, 0.25) is 0 Å². The molecule has 4 aromatic heterocycles. The van der Waals surface area contributed by atoms with Crippen molar-refractivity contribution in [1.29, 1.82) is 0 Å². The predicted octanol–water partition coefficient (Wildman–Crippen LogP) is 6.69. The highest BCUT2D eigenvalue weighted by atomic mass is 127. The fourth-order valence-electron chi connectivity index (χ4n) is 5.00. The summed E-state index contributed by atoms with van der Waals surface area (Å²) < 4.78 is 84.5. The van der Waals surface area contributed by atoms with Crippen LogP contribution in [0.25, 0.3) is 33.7 Å². The van der Waals surface area contributed by atoms with Crippen molar-refractivity contribution in [3.05, 3.63) is 136 Å². The van der Waals surface area contributed by atoms with Crippen molar-refractivity contribution < 1.29 is 36.4 Å². The molecule has 0 unspecified atom stereocenters. The van der Waals surface area contributed by atoms with Crippen LogP contribution >= 0.6 is 22.6 Å². The molecule has 0 atom stereocenters. The largest absolute Gasteiger partial charge is 0.488 e. The predicted molar refractivity (Wildman–Crippen MR) is 206 cm³/mol. The van der Waals surface area contributed by atoms with E-state index >= 15 is 0 Å². The van der Waals surface area contributed by atoms with Gasteiger partial charge in [-0.25, -0.2) is 56.2 Å². The number of hydrogen-bond donors (Lipinski definition) is 4. The number of imidazole rings is 2. The van der Waals surface area contributed by atoms with E-state index < -0.39 is 30.4 Å². The minimum Gasteiger partial charge on any atom is -0.423 e. The Balaban J connectivity index is 0.000000156. The van der Waals surface area contributed by atoms with Crippen LogP contribution in [-0.2, 0) is 14.1 Å². The van der Waals surface area contributed by atoms with Crippen LogP contribution in [0, 0.1) is 38.7 Å². The van der Waals surface area contributed by atoms with Gasteiger partial charge in [-0.15, -0.1) is 0 Å². The zero-order valence-corrected chi connectivity index (χ0v) is 31.1. The highest BCUT2D eigenvalue weighted by molar-refractivity contribution is 14.1. The van der Waals surface area contributed by atoms with E-state index in [2.05, 4.69) is 40.5 Å². The van der Waals surface area contributed by atoms with Crippen LogP contribution in [0.1, 0.15) is 0 Å². The third-order valence-corrected chi connectivity index (χ3v) is 8.26. The van der Waals surface area contributed by atoms with Gasteiger partial charge in [0.15, 0.2) is 43.6 Å². The quantitative estimate of drug-likeness (QED) is 0.0616. The van der Waals surface area contributed by atoms with Gasteiger partial charge >= 0.3 is 7.12 Å². The number of benzene rings is 4. The van der Waals surface area contributed by atoms with Gasteiger partial charge in [0.1, 0.15) is 46.3 Å². The summed E-state index contributed by atoms with van der Waals surface area (Å²) in [6.45, 7) is 0. The van der Waals surface area contributed by atoms with Crippen molar-refractivity contribution in [2.75, 3.05) is 10.6 Å². The Hall–Kier alpha value is -6.13. The summed E-state index contributed by atoms with van der Waals surface area (Å²) >= 11 is 1.94. The maximum absolute atomic E-state index is 14.0. The lowest BCUT2D eigenvalue weighted by molar-refractivity contribution is 0.425. The first-order valence-corrected chi connectivity index (χ1v) is 17.2. The molecule has 284 valence electrons. The van der Waals surface area contributed by atoms with Gasteiger partial charge in [0.05, 0.1) is 12.7 Å². The Kier molecular flexibility index (Phi) is 12.1. The lowest BCUT2D eigenvalue weighted by atomic mass is 9.80. The van der Waals surface area contributed by atoms with Crippen molar-refractivity contribution >= 4 is 80.5 Å². The average molecular weight is 882 g/mol. The molecule has 4 heterocycles. The number of para-hydroxylation sites is 2. The summed E-state index contributed by atoms with van der Waals surface area (Å²) in [4.78, 5) is 25.5. The summed E-state index contributed by atoms with van der Waals surface area (Å²) in [5.41, 5.74) is 2.14. The molecular formula is C36H26BF6IN10O2. The molecule has 0 fully saturated rings. The molecule has 0 radical (unpaired) electrons. The SMILES string of the molecule is Cn1cnc2c(Nc3c(F)cccc3F)nc(-c3ccc(F)cc3)nc21.Cn1cnc2c(Nc3c(F)cccc3F)nc(I)nc21.OB(O)c1ccc(F)cc1. The Morgan fingerprint density at radius 2 is 1.00 bits per heavy atom. The minimum atomic E-state index is -1.51. The van der Waals surface area contributed by atoms with Gasteiger partial charge in [-0.1, -0.05) is 24.3 Å². The monoisotopic (exact) mass is 882 g/mol. The number of aryl methyl sites for hydroxylation is 2. The Bertz CT molecular complexity index is 2610. The van der Waals surface area contributed by atoms with Gasteiger partial charge in [-0.2, -0.15) is 0 Å². The first-order valence-electron chi connectivity index (χ1n) is 16.1. The number of hydrogen-bond acceptors (Lipinski definition) is 10. The first kappa shape index (κ1) is 39.6. The molecule has 12 nitrogen and oxygen atoms in total. The summed E-state index contributed by atoms with van der Waals surface area (Å²) in [7, 11) is 2.01. The van der Waals surface area contributed by atoms with Crippen molar-refractivity contribution in [3.63, 3.8) is 0 Å². The van der Waals surface area contributed by atoms with Crippen molar-refractivity contribution in [2.45, 2.75) is 0 Å². The molecule has 0 aliphatic rings. The summed E-state index contributed by atoms with van der Waals surface area (Å²) in [6, 6.07) is 17.8. The second-order valence-corrected chi connectivity index (χ2v) is 12.6. The van der Waals surface area contributed by atoms with Gasteiger partial charge in [-0.3, -0.25) is 0 Å². The van der Waals surface area contributed by atoms with Crippen molar-refractivity contribution in [3.8, 4) is 11.4 Å². The fraction of sp³-hybridized carbons (Fsp3) is 0.0556. The van der Waals surface area contributed by atoms with Crippen LogP contribution in [0.15, 0.2) is 97.6 Å². The van der Waals surface area contributed by atoms with Gasteiger partial charge in [0, 0.05) is 42.2 Å². The molecule has 8 aromatic rings. The van der Waals surface area contributed by atoms with Crippen LogP contribution < -0.4 is 16.1 Å².